The number of hydrogen-bond donors (Lipinski definition) is 0. The van der Waals surface area contributed by atoms with Crippen LogP contribution in [0.4, 0.5) is 5.69 Å². The first kappa shape index (κ1) is 18.6. The summed E-state index contributed by atoms with van der Waals surface area (Å²) >= 11 is 0. The minimum atomic E-state index is -1.05. The van der Waals surface area contributed by atoms with Crippen LogP contribution in [-0.2, 0) is 10.3 Å². The number of rotatable bonds is 4. The van der Waals surface area contributed by atoms with Crippen molar-refractivity contribution in [2.75, 3.05) is 18.0 Å². The van der Waals surface area contributed by atoms with Crippen LogP contribution in [0.5, 0.6) is 0 Å². The number of amides is 1. The van der Waals surface area contributed by atoms with E-state index in [2.05, 4.69) is 4.90 Å². The number of benzene rings is 1. The van der Waals surface area contributed by atoms with Crippen molar-refractivity contribution in [3.8, 4) is 0 Å². The Labute approximate surface area is 180 Å². The van der Waals surface area contributed by atoms with Crippen molar-refractivity contribution in [3.63, 3.8) is 0 Å². The highest BCUT2D eigenvalue weighted by molar-refractivity contribution is 6.13. The number of likely N-dealkylation sites (N-methyl/N-ethyl adjacent to an activating group) is 1. The minimum Gasteiger partial charge on any atom is -0.469 e. The molecule has 0 N–H and O–H groups in total. The maximum Gasteiger partial charge on any atom is 0.253 e. The average Bonchev–Trinajstić information content (AvgIpc) is 3.60. The number of Topliss-reactive ketones (excluding diaryl/α,β-unsaturated/α-hetero) is 1. The van der Waals surface area contributed by atoms with Gasteiger partial charge in [0.15, 0.2) is 5.76 Å². The summed E-state index contributed by atoms with van der Waals surface area (Å²) in [6.45, 7) is 3.32. The van der Waals surface area contributed by atoms with E-state index >= 15 is 0 Å². The number of carbonyl (C=O) groups excluding carboxylic acids is 2. The molecule has 31 heavy (non-hydrogen) atoms. The molecule has 3 aliphatic rings. The summed E-state index contributed by atoms with van der Waals surface area (Å²) in [6, 6.07) is 15.2. The average molecular weight is 416 g/mol. The molecule has 0 radical (unpaired) electrons. The lowest BCUT2D eigenvalue weighted by Gasteiger charge is -2.37. The molecule has 3 aliphatic heterocycles. The van der Waals surface area contributed by atoms with Gasteiger partial charge in [-0.3, -0.25) is 14.5 Å². The van der Waals surface area contributed by atoms with Gasteiger partial charge in [0.05, 0.1) is 18.4 Å². The highest BCUT2D eigenvalue weighted by Crippen LogP contribution is 2.62. The fourth-order valence-electron chi connectivity index (χ4n) is 6.38. The normalized spacial score (nSPS) is 29.6. The van der Waals surface area contributed by atoms with E-state index in [4.69, 9.17) is 8.83 Å². The highest BCUT2D eigenvalue weighted by Gasteiger charge is 2.71. The Hall–Kier alpha value is -3.12. The van der Waals surface area contributed by atoms with Crippen molar-refractivity contribution in [2.45, 2.75) is 37.3 Å². The van der Waals surface area contributed by atoms with Gasteiger partial charge in [0.1, 0.15) is 11.3 Å². The molecule has 4 unspecified atom stereocenters. The Morgan fingerprint density at radius 1 is 1.10 bits per heavy atom. The maximum atomic E-state index is 14.2. The number of anilines is 1. The smallest absolute Gasteiger partial charge is 0.253 e. The van der Waals surface area contributed by atoms with Gasteiger partial charge in [-0.15, -0.1) is 0 Å². The van der Waals surface area contributed by atoms with Crippen molar-refractivity contribution >= 4 is 17.4 Å². The van der Waals surface area contributed by atoms with E-state index < -0.39 is 11.5 Å². The van der Waals surface area contributed by atoms with E-state index in [9.17, 15) is 9.59 Å². The van der Waals surface area contributed by atoms with Gasteiger partial charge in [0, 0.05) is 29.8 Å². The molecule has 6 rings (SSSR count). The van der Waals surface area contributed by atoms with Crippen LogP contribution in [0.2, 0.25) is 0 Å². The number of para-hydroxylation sites is 1. The van der Waals surface area contributed by atoms with Gasteiger partial charge >= 0.3 is 0 Å². The summed E-state index contributed by atoms with van der Waals surface area (Å²) in [5.41, 5.74) is 0.778. The highest BCUT2D eigenvalue weighted by atomic mass is 16.3. The van der Waals surface area contributed by atoms with Crippen molar-refractivity contribution < 1.29 is 18.4 Å². The van der Waals surface area contributed by atoms with Crippen LogP contribution in [-0.4, -0.2) is 35.7 Å². The topological polar surface area (TPSA) is 66.9 Å². The van der Waals surface area contributed by atoms with Gasteiger partial charge in [-0.05, 0) is 56.6 Å². The molecule has 1 spiro atoms. The van der Waals surface area contributed by atoms with Gasteiger partial charge in [0.2, 0.25) is 5.78 Å². The lowest BCUT2D eigenvalue weighted by atomic mass is 9.70. The Kier molecular flexibility index (Phi) is 4.02. The second kappa shape index (κ2) is 6.69. The van der Waals surface area contributed by atoms with E-state index in [1.165, 1.54) is 6.26 Å². The molecule has 3 aromatic rings. The first-order valence-electron chi connectivity index (χ1n) is 11.0. The molecule has 5 heterocycles. The zero-order chi connectivity index (χ0) is 21.2. The summed E-state index contributed by atoms with van der Waals surface area (Å²) in [5, 5.41) is 0. The summed E-state index contributed by atoms with van der Waals surface area (Å²) < 4.78 is 11.4. The Morgan fingerprint density at radius 3 is 2.65 bits per heavy atom. The number of ketones is 1. The van der Waals surface area contributed by atoms with Gasteiger partial charge in [-0.1, -0.05) is 18.2 Å². The second-order valence-electron chi connectivity index (χ2n) is 8.60. The third kappa shape index (κ3) is 2.26. The zero-order valence-corrected chi connectivity index (χ0v) is 17.4. The van der Waals surface area contributed by atoms with E-state index in [0.29, 0.717) is 12.3 Å². The Bertz CT molecular complexity index is 1140. The number of fused-ring (bicyclic) bond motifs is 4. The van der Waals surface area contributed by atoms with Gasteiger partial charge < -0.3 is 13.7 Å². The predicted molar refractivity (Wildman–Crippen MR) is 114 cm³/mol. The van der Waals surface area contributed by atoms with Gasteiger partial charge in [0.25, 0.3) is 5.91 Å². The lowest BCUT2D eigenvalue weighted by Crippen LogP contribution is -2.55. The summed E-state index contributed by atoms with van der Waals surface area (Å²) in [7, 11) is 0. The fraction of sp³-hybridized carbons (Fsp3) is 0.360. The SMILES string of the molecule is CCN1C(=O)C2(c3ccccc31)C(C(=O)c1ccco1)C(c1ccco1)C1CCCN12. The molecular weight excluding hydrogens is 392 g/mol. The van der Waals surface area contributed by atoms with Crippen LogP contribution >= 0.6 is 0 Å². The molecule has 2 saturated heterocycles. The van der Waals surface area contributed by atoms with Crippen molar-refractivity contribution in [3.05, 3.63) is 78.1 Å². The van der Waals surface area contributed by atoms with Gasteiger partial charge in [-0.25, -0.2) is 0 Å². The van der Waals surface area contributed by atoms with Gasteiger partial charge in [-0.2, -0.15) is 0 Å². The fourth-order valence-corrected chi connectivity index (χ4v) is 6.38. The summed E-state index contributed by atoms with van der Waals surface area (Å²) in [5.74, 6) is 0.0643. The first-order valence-corrected chi connectivity index (χ1v) is 11.0. The molecule has 4 atom stereocenters. The minimum absolute atomic E-state index is 0.0120. The number of carbonyl (C=O) groups is 2. The van der Waals surface area contributed by atoms with E-state index in [-0.39, 0.29) is 23.7 Å². The predicted octanol–water partition coefficient (Wildman–Crippen LogP) is 4.20. The molecule has 6 nitrogen and oxygen atoms in total. The van der Waals surface area contributed by atoms with Crippen LogP contribution in [0.1, 0.15) is 47.6 Å². The summed E-state index contributed by atoms with van der Waals surface area (Å²) in [4.78, 5) is 32.4. The first-order chi connectivity index (χ1) is 15.2. The lowest BCUT2D eigenvalue weighted by molar-refractivity contribution is -0.130. The number of nitrogens with zero attached hydrogens (tertiary/aromatic N) is 2. The molecule has 0 bridgehead atoms. The quantitative estimate of drug-likeness (QED) is 0.597. The largest absolute Gasteiger partial charge is 0.469 e. The molecule has 0 aliphatic carbocycles. The third-order valence-electron chi connectivity index (χ3n) is 7.39. The number of hydrogen-bond acceptors (Lipinski definition) is 5. The van der Waals surface area contributed by atoms with Crippen LogP contribution in [0.25, 0.3) is 0 Å². The van der Waals surface area contributed by atoms with Crippen molar-refractivity contribution in [1.29, 1.82) is 0 Å². The standard InChI is InChI=1S/C25H24N2O4/c1-2-26-17-9-4-3-8-16(17)25(24(26)29)22(23(28)20-12-7-15-31-20)21(19-11-6-14-30-19)18-10-5-13-27(18)25/h3-4,6-9,11-12,14-15,18,21-22H,2,5,10,13H2,1H3. The molecule has 0 saturated carbocycles. The third-order valence-corrected chi connectivity index (χ3v) is 7.39. The molecule has 6 heteroatoms. The van der Waals surface area contributed by atoms with E-state index in [1.807, 2.05) is 48.2 Å². The molecule has 158 valence electrons. The zero-order valence-electron chi connectivity index (χ0n) is 17.4. The van der Waals surface area contributed by atoms with Crippen molar-refractivity contribution in [1.82, 2.24) is 4.90 Å². The monoisotopic (exact) mass is 416 g/mol. The van der Waals surface area contributed by atoms with Crippen LogP contribution in [0.3, 0.4) is 0 Å². The maximum absolute atomic E-state index is 14.2. The van der Waals surface area contributed by atoms with Crippen LogP contribution in [0.15, 0.2) is 69.9 Å². The molecule has 2 aromatic heterocycles. The van der Waals surface area contributed by atoms with E-state index in [1.54, 1.807) is 18.4 Å². The second-order valence-corrected chi connectivity index (χ2v) is 8.60. The number of furan rings is 2. The molecule has 1 aromatic carbocycles. The van der Waals surface area contributed by atoms with Crippen LogP contribution < -0.4 is 4.90 Å². The Balaban J connectivity index is 1.64. The Morgan fingerprint density at radius 2 is 1.90 bits per heavy atom. The van der Waals surface area contributed by atoms with Crippen molar-refractivity contribution in [2.24, 2.45) is 5.92 Å². The van der Waals surface area contributed by atoms with Crippen LogP contribution in [0, 0.1) is 5.92 Å². The molecule has 1 amide bonds. The van der Waals surface area contributed by atoms with E-state index in [0.717, 1.165) is 36.4 Å². The summed E-state index contributed by atoms with van der Waals surface area (Å²) in [6.07, 6.45) is 5.08. The molecular formula is C25H24N2O4. The molecule has 2 fully saturated rings.